The van der Waals surface area contributed by atoms with Crippen LogP contribution >= 0.6 is 0 Å². The quantitative estimate of drug-likeness (QED) is 0.350. The smallest absolute Gasteiger partial charge is 0.290 e. The van der Waals surface area contributed by atoms with Crippen molar-refractivity contribution >= 4 is 40.4 Å². The van der Waals surface area contributed by atoms with E-state index in [1.807, 2.05) is 26.0 Å². The molecule has 38 heavy (non-hydrogen) atoms. The number of hydrogen-bond acceptors (Lipinski definition) is 6. The van der Waals surface area contributed by atoms with Gasteiger partial charge in [-0.05, 0) is 64.5 Å². The zero-order valence-electron chi connectivity index (χ0n) is 22.7. The van der Waals surface area contributed by atoms with Crippen molar-refractivity contribution < 1.29 is 28.4 Å². The Labute approximate surface area is 222 Å². The van der Waals surface area contributed by atoms with Crippen LogP contribution in [0.1, 0.15) is 70.9 Å². The molecule has 1 aliphatic rings. The zero-order valence-corrected chi connectivity index (χ0v) is 22.7. The molecule has 0 aliphatic carbocycles. The van der Waals surface area contributed by atoms with Gasteiger partial charge in [0.25, 0.3) is 11.8 Å². The summed E-state index contributed by atoms with van der Waals surface area (Å²) < 4.78 is 5.63. The molecule has 1 unspecified atom stereocenters. The Hall–Kier alpha value is -3.69. The predicted molar refractivity (Wildman–Crippen MR) is 142 cm³/mol. The zero-order chi connectivity index (χ0) is 28.0. The van der Waals surface area contributed by atoms with Crippen LogP contribution < -0.4 is 21.3 Å². The van der Waals surface area contributed by atoms with E-state index in [-0.39, 0.29) is 30.4 Å². The molecule has 3 rings (SSSR count). The molecule has 0 spiro atoms. The van der Waals surface area contributed by atoms with Gasteiger partial charge < -0.3 is 25.7 Å². The van der Waals surface area contributed by atoms with Crippen molar-refractivity contribution in [3.8, 4) is 0 Å². The van der Waals surface area contributed by atoms with Crippen molar-refractivity contribution in [3.05, 3.63) is 36.1 Å². The highest BCUT2D eigenvalue weighted by Crippen LogP contribution is 2.20. The number of Topliss-reactive ketones (excluding diaryl/α,β-unsaturated/α-hetero) is 1. The molecule has 4 amide bonds. The lowest BCUT2D eigenvalue weighted by atomic mass is 9.89. The Morgan fingerprint density at radius 2 is 1.79 bits per heavy atom. The van der Waals surface area contributed by atoms with Crippen LogP contribution in [0.4, 0.5) is 0 Å². The van der Waals surface area contributed by atoms with Crippen LogP contribution in [0.3, 0.4) is 0 Å². The molecule has 0 saturated carbocycles. The van der Waals surface area contributed by atoms with Gasteiger partial charge in [-0.3, -0.25) is 24.0 Å². The summed E-state index contributed by atoms with van der Waals surface area (Å²) >= 11 is 0. The van der Waals surface area contributed by atoms with Gasteiger partial charge in [0.1, 0.15) is 11.6 Å². The van der Waals surface area contributed by atoms with Crippen LogP contribution in [-0.4, -0.2) is 53.6 Å². The summed E-state index contributed by atoms with van der Waals surface area (Å²) in [5, 5.41) is 11.5. The van der Waals surface area contributed by atoms with Crippen LogP contribution in [-0.2, 0) is 19.2 Å². The van der Waals surface area contributed by atoms with Crippen LogP contribution in [0.5, 0.6) is 0 Å². The van der Waals surface area contributed by atoms with Gasteiger partial charge >= 0.3 is 0 Å². The van der Waals surface area contributed by atoms with E-state index in [2.05, 4.69) is 21.3 Å². The van der Waals surface area contributed by atoms with Gasteiger partial charge in [0, 0.05) is 23.4 Å². The van der Waals surface area contributed by atoms with Gasteiger partial charge in [-0.15, -0.1) is 0 Å². The van der Waals surface area contributed by atoms with Crippen molar-refractivity contribution in [1.29, 1.82) is 0 Å². The Balaban J connectivity index is 1.79. The van der Waals surface area contributed by atoms with Gasteiger partial charge in [-0.1, -0.05) is 32.0 Å². The number of rotatable bonds is 10. The van der Waals surface area contributed by atoms with Gasteiger partial charge in [0.2, 0.25) is 17.6 Å². The molecule has 10 heteroatoms. The first-order chi connectivity index (χ1) is 17.8. The van der Waals surface area contributed by atoms with E-state index in [4.69, 9.17) is 4.42 Å². The molecule has 10 nitrogen and oxygen atoms in total. The number of carbonyl (C=O) groups excluding carboxylic acids is 5. The van der Waals surface area contributed by atoms with Crippen molar-refractivity contribution in [2.24, 2.45) is 11.8 Å². The lowest BCUT2D eigenvalue weighted by Crippen LogP contribution is -2.56. The van der Waals surface area contributed by atoms with E-state index in [0.29, 0.717) is 18.5 Å². The second-order valence-electron chi connectivity index (χ2n) is 11.3. The summed E-state index contributed by atoms with van der Waals surface area (Å²) in [5.74, 6) is -3.49. The van der Waals surface area contributed by atoms with E-state index in [9.17, 15) is 24.0 Å². The summed E-state index contributed by atoms with van der Waals surface area (Å²) in [6.07, 6.45) is 1.56. The number of amides is 4. The maximum atomic E-state index is 13.4. The Kier molecular flexibility index (Phi) is 9.30. The summed E-state index contributed by atoms with van der Waals surface area (Å²) in [6.45, 7) is 9.58. The molecule has 1 fully saturated rings. The average molecular weight is 527 g/mol. The fourth-order valence-electron chi connectivity index (χ4n) is 4.44. The van der Waals surface area contributed by atoms with Crippen LogP contribution in [0.15, 0.2) is 34.7 Å². The summed E-state index contributed by atoms with van der Waals surface area (Å²) in [6, 6.07) is 6.56. The van der Waals surface area contributed by atoms with Crippen molar-refractivity contribution in [2.45, 2.75) is 77.9 Å². The Morgan fingerprint density at radius 1 is 1.08 bits per heavy atom. The fourth-order valence-corrected chi connectivity index (χ4v) is 4.44. The number of piperidine rings is 1. The SMILES string of the molecule is CC(C)C[C@H](NC(=O)c1cc2ccccc2o1)C(=O)NC(C[C@@H]1CCCNC1=O)C(=O)C(=O)NC(C)(C)C. The fraction of sp³-hybridized carbons (Fsp3) is 0.536. The minimum absolute atomic E-state index is 0.0140. The van der Waals surface area contributed by atoms with Gasteiger partial charge in [0.05, 0.1) is 6.04 Å². The number of ketones is 1. The molecule has 206 valence electrons. The van der Waals surface area contributed by atoms with Crippen LogP contribution in [0.25, 0.3) is 11.0 Å². The minimum atomic E-state index is -1.23. The molecular formula is C28H38N4O6. The molecule has 1 saturated heterocycles. The number of hydrogen-bond donors (Lipinski definition) is 4. The van der Waals surface area contributed by atoms with Crippen LogP contribution in [0, 0.1) is 11.8 Å². The van der Waals surface area contributed by atoms with Crippen molar-refractivity contribution in [1.82, 2.24) is 21.3 Å². The third kappa shape index (κ3) is 7.90. The molecule has 0 bridgehead atoms. The van der Waals surface area contributed by atoms with E-state index >= 15 is 0 Å². The third-order valence-corrected chi connectivity index (χ3v) is 6.24. The minimum Gasteiger partial charge on any atom is -0.451 e. The van der Waals surface area contributed by atoms with Crippen molar-refractivity contribution in [3.63, 3.8) is 0 Å². The highest BCUT2D eigenvalue weighted by molar-refractivity contribution is 6.38. The average Bonchev–Trinajstić information content (AvgIpc) is 3.27. The molecule has 3 atom stereocenters. The standard InChI is InChI=1S/C28H38N4O6/c1-16(2)13-20(31-26(36)22-15-17-9-6-7-11-21(17)38-22)25(35)30-19(14-18-10-8-12-29-24(18)34)23(33)27(37)32-28(3,4)5/h6-7,9,11,15-16,18-20H,8,10,12-14H2,1-5H3,(H,29,34)(H,30,35)(H,31,36)(H,32,37)/t18-,19?,20-/m0/s1. The van der Waals surface area contributed by atoms with Gasteiger partial charge in [-0.25, -0.2) is 0 Å². The molecule has 1 aliphatic heterocycles. The normalized spacial score (nSPS) is 17.4. The Morgan fingerprint density at radius 3 is 2.42 bits per heavy atom. The summed E-state index contributed by atoms with van der Waals surface area (Å²) in [7, 11) is 0. The molecule has 2 aromatic rings. The first-order valence-electron chi connectivity index (χ1n) is 13.1. The number of para-hydroxylation sites is 1. The topological polar surface area (TPSA) is 147 Å². The predicted octanol–water partition coefficient (Wildman–Crippen LogP) is 2.46. The highest BCUT2D eigenvalue weighted by atomic mass is 16.3. The lowest BCUT2D eigenvalue weighted by Gasteiger charge is -2.28. The molecule has 1 aromatic heterocycles. The molecule has 1 aromatic carbocycles. The number of furan rings is 1. The lowest BCUT2D eigenvalue weighted by molar-refractivity contribution is -0.142. The maximum absolute atomic E-state index is 13.4. The molecule has 4 N–H and O–H groups in total. The first-order valence-corrected chi connectivity index (χ1v) is 13.1. The number of carbonyl (C=O) groups is 5. The summed E-state index contributed by atoms with van der Waals surface area (Å²) in [5.41, 5.74) is -0.117. The number of benzene rings is 1. The highest BCUT2D eigenvalue weighted by Gasteiger charge is 2.36. The van der Waals surface area contributed by atoms with Gasteiger partial charge in [-0.2, -0.15) is 0 Å². The van der Waals surface area contributed by atoms with Gasteiger partial charge in [0.15, 0.2) is 5.76 Å². The molecular weight excluding hydrogens is 488 g/mol. The molecule has 2 heterocycles. The number of nitrogens with one attached hydrogen (secondary N) is 4. The van der Waals surface area contributed by atoms with E-state index in [1.165, 1.54) is 0 Å². The first kappa shape index (κ1) is 28.9. The summed E-state index contributed by atoms with van der Waals surface area (Å²) in [4.78, 5) is 64.7. The monoisotopic (exact) mass is 526 g/mol. The van der Waals surface area contributed by atoms with E-state index < -0.39 is 47.0 Å². The second-order valence-corrected chi connectivity index (χ2v) is 11.3. The third-order valence-electron chi connectivity index (χ3n) is 6.24. The molecule has 0 radical (unpaired) electrons. The second kappa shape index (κ2) is 12.2. The van der Waals surface area contributed by atoms with Crippen LogP contribution in [0.2, 0.25) is 0 Å². The van der Waals surface area contributed by atoms with E-state index in [0.717, 1.165) is 11.8 Å². The Bertz CT molecular complexity index is 1160. The van der Waals surface area contributed by atoms with Crippen molar-refractivity contribution in [2.75, 3.05) is 6.54 Å². The largest absolute Gasteiger partial charge is 0.451 e. The maximum Gasteiger partial charge on any atom is 0.290 e. The van der Waals surface area contributed by atoms with E-state index in [1.54, 1.807) is 39.0 Å². The number of fused-ring (bicyclic) bond motifs is 1.